The molecule has 0 aliphatic carbocycles. The number of fused-ring (bicyclic) bond motifs is 1. The van der Waals surface area contributed by atoms with Gasteiger partial charge >= 0.3 is 23.1 Å². The number of halogens is 9. The van der Waals surface area contributed by atoms with Crippen LogP contribution in [0.4, 0.5) is 28.9 Å². The number of carbonyl (C=O) groups excluding carboxylic acids is 2. The molecular weight excluding hydrogens is 1260 g/mol. The van der Waals surface area contributed by atoms with E-state index in [9.17, 15) is 27.2 Å². The van der Waals surface area contributed by atoms with E-state index in [-0.39, 0.29) is 80.9 Å². The molecule has 0 amide bonds. The van der Waals surface area contributed by atoms with Gasteiger partial charge in [-0.25, -0.2) is 27.5 Å². The zero-order valence-corrected chi connectivity index (χ0v) is 54.1. The van der Waals surface area contributed by atoms with Crippen molar-refractivity contribution >= 4 is 121 Å². The standard InChI is InChI=1S/C24H34Br2F2N2.C18H34O2.C8H17.C6H4Br2F2N2.BrH.Mg/c1-3-5-7-9-11-13-15-17-18(16-14-12-10-8-6-4-2)30-24-20(26)22(28)21(27)19(25)23(24)29-17;1-3-5-7-9-11-13-15-17(19)18(20)16-14-12-10-8-6-4-2;1-3-5-7-8-6-4-2;7-1-3(9)4(10)2(8)6(12)5(1)11;;/h3-16H2,1-2H3;3-16H2,1-2H3;1,3-8H2,2H3;11-12H2;1H;/q;;-1;;;+2/p-1. The summed E-state index contributed by atoms with van der Waals surface area (Å²) in [7, 11) is 0. The zero-order valence-electron chi connectivity index (χ0n) is 44.7. The van der Waals surface area contributed by atoms with Crippen molar-refractivity contribution < 1.29 is 44.1 Å². The Morgan fingerprint density at radius 1 is 0.417 bits per heavy atom. The number of ketones is 2. The van der Waals surface area contributed by atoms with Gasteiger partial charge in [-0.05, 0) is 102 Å². The first-order valence-corrected chi connectivity index (χ1v) is 30.0. The van der Waals surface area contributed by atoms with E-state index in [1.165, 1.54) is 148 Å². The summed E-state index contributed by atoms with van der Waals surface area (Å²) in [6.07, 6.45) is 39.0. The van der Waals surface area contributed by atoms with Crippen LogP contribution in [0.25, 0.3) is 11.0 Å². The second-order valence-electron chi connectivity index (χ2n) is 18.3. The Hall–Kier alpha value is -0.394. The molecule has 1 heterocycles. The maximum atomic E-state index is 14.2. The summed E-state index contributed by atoms with van der Waals surface area (Å²) in [6, 6.07) is 0. The number of unbranched alkanes of at least 4 members (excludes halogenated alkanes) is 25. The van der Waals surface area contributed by atoms with Gasteiger partial charge in [-0.1, -0.05) is 195 Å². The number of benzene rings is 2. The number of nitrogen functional groups attached to an aromatic ring is 2. The largest absolute Gasteiger partial charge is 2.00 e. The van der Waals surface area contributed by atoms with Crippen LogP contribution in [0.5, 0.6) is 0 Å². The molecule has 0 bridgehead atoms. The maximum absolute atomic E-state index is 14.2. The summed E-state index contributed by atoms with van der Waals surface area (Å²) in [4.78, 5) is 32.8. The molecule has 0 aliphatic rings. The number of nitrogens with two attached hydrogens (primary N) is 2. The molecule has 72 heavy (non-hydrogen) atoms. The van der Waals surface area contributed by atoms with Crippen molar-refractivity contribution in [3.63, 3.8) is 0 Å². The third-order valence-electron chi connectivity index (χ3n) is 12.1. The van der Waals surface area contributed by atoms with Crippen LogP contribution in [0.3, 0.4) is 0 Å². The van der Waals surface area contributed by atoms with Gasteiger partial charge in [0.25, 0.3) is 0 Å². The summed E-state index contributed by atoms with van der Waals surface area (Å²) in [6.45, 7) is 14.9. The topological polar surface area (TPSA) is 112 Å². The molecule has 2 aromatic carbocycles. The molecule has 3 rings (SSSR count). The number of hydrogen-bond donors (Lipinski definition) is 2. The second-order valence-corrected chi connectivity index (χ2v) is 21.5. The van der Waals surface area contributed by atoms with Crippen LogP contribution in [-0.2, 0) is 22.4 Å². The normalized spacial score (nSPS) is 10.6. The van der Waals surface area contributed by atoms with E-state index < -0.39 is 23.3 Å². The van der Waals surface area contributed by atoms with Gasteiger partial charge in [0.15, 0.2) is 34.8 Å². The fourth-order valence-electron chi connectivity index (χ4n) is 7.61. The van der Waals surface area contributed by atoms with E-state index >= 15 is 0 Å². The fraction of sp³-hybridized carbons (Fsp3) is 0.696. The maximum Gasteiger partial charge on any atom is 2.00 e. The van der Waals surface area contributed by atoms with Crippen LogP contribution in [0.15, 0.2) is 17.9 Å². The molecule has 0 aliphatic heterocycles. The number of nitrogens with zero attached hydrogens (tertiary/aromatic N) is 2. The Labute approximate surface area is 494 Å². The Balaban J connectivity index is -0.000000975. The van der Waals surface area contributed by atoms with Crippen LogP contribution in [-0.4, -0.2) is 44.6 Å². The average Bonchev–Trinajstić information content (AvgIpc) is 3.36. The summed E-state index contributed by atoms with van der Waals surface area (Å²) in [5.74, 6) is -4.19. The average molecular weight is 1350 g/mol. The molecule has 410 valence electrons. The first-order chi connectivity index (χ1) is 33.6. The second kappa shape index (κ2) is 48.9. The Bertz CT molecular complexity index is 1700. The van der Waals surface area contributed by atoms with Crippen molar-refractivity contribution in [2.75, 3.05) is 11.5 Å². The van der Waals surface area contributed by atoms with Crippen LogP contribution in [0.1, 0.15) is 251 Å². The van der Waals surface area contributed by atoms with Gasteiger partial charge in [0, 0.05) is 12.8 Å². The molecule has 0 unspecified atom stereocenters. The summed E-state index contributed by atoms with van der Waals surface area (Å²) < 4.78 is 53.9. The van der Waals surface area contributed by atoms with Gasteiger partial charge in [-0.3, -0.25) is 9.59 Å². The first kappa shape index (κ1) is 75.8. The zero-order chi connectivity index (χ0) is 52.7. The molecule has 0 saturated carbocycles. The molecule has 0 atom stereocenters. The van der Waals surface area contributed by atoms with Gasteiger partial charge in [0.05, 0.1) is 40.7 Å². The number of carbonyl (C=O) groups is 2. The van der Waals surface area contributed by atoms with Crippen LogP contribution < -0.4 is 28.4 Å². The van der Waals surface area contributed by atoms with Gasteiger partial charge in [-0.2, -0.15) is 6.42 Å². The molecule has 3 aromatic rings. The van der Waals surface area contributed by atoms with Crippen LogP contribution >= 0.6 is 63.7 Å². The van der Waals surface area contributed by atoms with Crippen molar-refractivity contribution in [3.05, 3.63) is 59.5 Å². The van der Waals surface area contributed by atoms with E-state index in [1.54, 1.807) is 0 Å². The molecule has 6 nitrogen and oxygen atoms in total. The molecule has 16 heteroatoms. The molecule has 0 radical (unpaired) electrons. The van der Waals surface area contributed by atoms with Gasteiger partial charge < -0.3 is 35.4 Å². The van der Waals surface area contributed by atoms with E-state index in [0.717, 1.165) is 69.2 Å². The SMILES string of the molecule is CCCCCCCCC(=O)C(=O)CCCCCCCC.CCCCCCCCc1nc2c(Br)c(F)c(F)c(Br)c2nc1CCCCCCCC.Nc1c(N)c(Br)c(F)c(F)c1Br.[Br-].[CH2-]CCCCCCC.[Mg+2]. The van der Waals surface area contributed by atoms with E-state index in [1.807, 2.05) is 0 Å². The third-order valence-corrected chi connectivity index (χ3v) is 15.1. The quantitative estimate of drug-likeness (QED) is 0.00900. The van der Waals surface area contributed by atoms with Gasteiger partial charge in [0.2, 0.25) is 0 Å². The summed E-state index contributed by atoms with van der Waals surface area (Å²) in [5.41, 5.74) is 13.3. The van der Waals surface area contributed by atoms with E-state index in [4.69, 9.17) is 21.4 Å². The van der Waals surface area contributed by atoms with Crippen molar-refractivity contribution in [1.29, 1.82) is 0 Å². The van der Waals surface area contributed by atoms with Crippen LogP contribution in [0, 0.1) is 30.2 Å². The fourth-order valence-corrected chi connectivity index (χ4v) is 9.29. The van der Waals surface area contributed by atoms with Gasteiger partial charge in [-0.15, -0.1) is 0 Å². The molecule has 0 fully saturated rings. The monoisotopic (exact) mass is 1340 g/mol. The van der Waals surface area contributed by atoms with E-state index in [2.05, 4.69) is 105 Å². The first-order valence-electron chi connectivity index (χ1n) is 26.8. The molecule has 0 spiro atoms. The predicted molar refractivity (Wildman–Crippen MR) is 310 cm³/mol. The number of aromatic nitrogens is 2. The number of rotatable bonds is 34. The van der Waals surface area contributed by atoms with E-state index in [0.29, 0.717) is 23.9 Å². The number of Topliss-reactive ketones (excluding diaryl/α,β-unsaturated/α-hetero) is 2. The Morgan fingerprint density at radius 3 is 0.931 bits per heavy atom. The predicted octanol–water partition coefficient (Wildman–Crippen LogP) is 17.3. The molecule has 0 saturated heterocycles. The van der Waals surface area contributed by atoms with Crippen molar-refractivity contribution in [2.45, 2.75) is 253 Å². The number of anilines is 2. The summed E-state index contributed by atoms with van der Waals surface area (Å²) >= 11 is 11.9. The number of hydrogen-bond acceptors (Lipinski definition) is 6. The summed E-state index contributed by atoms with van der Waals surface area (Å²) in [5, 5.41) is 0. The minimum absolute atomic E-state index is 0. The minimum atomic E-state index is -1.05. The molecule has 4 N–H and O–H groups in total. The van der Waals surface area contributed by atoms with Crippen LogP contribution in [0.2, 0.25) is 0 Å². The van der Waals surface area contributed by atoms with Crippen molar-refractivity contribution in [2.24, 2.45) is 0 Å². The van der Waals surface area contributed by atoms with Crippen molar-refractivity contribution in [3.8, 4) is 0 Å². The molecular formula is C56H89Br5F4MgN4O2. The molecule has 1 aromatic heterocycles. The Morgan fingerprint density at radius 2 is 0.653 bits per heavy atom. The third kappa shape index (κ3) is 32.4. The van der Waals surface area contributed by atoms with Gasteiger partial charge in [0.1, 0.15) is 11.0 Å². The number of aryl methyl sites for hydroxylation is 2. The Kier molecular flexibility index (Phi) is 51.6. The minimum Gasteiger partial charge on any atom is -1.00 e. The smallest absolute Gasteiger partial charge is 1.00 e. The van der Waals surface area contributed by atoms with Crippen molar-refractivity contribution in [1.82, 2.24) is 9.97 Å².